The van der Waals surface area contributed by atoms with Crippen LogP contribution in [0.25, 0.3) is 11.3 Å². The molecule has 6 amide bonds. The van der Waals surface area contributed by atoms with Gasteiger partial charge in [-0.3, -0.25) is 44.1 Å². The Morgan fingerprint density at radius 2 is 1.75 bits per heavy atom. The molecule has 2 fully saturated rings. The molecular weight excluding hydrogens is 756 g/mol. The van der Waals surface area contributed by atoms with Gasteiger partial charge in [0.25, 0.3) is 17.7 Å². The SMILES string of the molecule is O=C1CCC(N2C(=O)c3cccc(NCCCC(=O)N4CCN(c5ncc(C(=O)Nc6ccc(OC(F)(F)Cl)cc6)cc5-c5ccn[nH]5)CC4)c3C2=O)C(=O)N1. The van der Waals surface area contributed by atoms with Gasteiger partial charge in [-0.05, 0) is 61.4 Å². The van der Waals surface area contributed by atoms with Gasteiger partial charge in [0.15, 0.2) is 0 Å². The maximum atomic E-state index is 13.4. The number of hydrogen-bond acceptors (Lipinski definition) is 11. The van der Waals surface area contributed by atoms with E-state index in [4.69, 9.17) is 11.6 Å². The lowest BCUT2D eigenvalue weighted by molar-refractivity contribution is -0.136. The molecule has 0 bridgehead atoms. The minimum atomic E-state index is -3.87. The van der Waals surface area contributed by atoms with E-state index in [0.29, 0.717) is 67.6 Å². The second-order valence-electron chi connectivity index (χ2n) is 13.2. The Morgan fingerprint density at radius 1 is 0.982 bits per heavy atom. The molecule has 1 atom stereocenters. The molecule has 56 heavy (non-hydrogen) atoms. The van der Waals surface area contributed by atoms with Crippen LogP contribution in [0.15, 0.2) is 67.0 Å². The Hall–Kier alpha value is -6.43. The van der Waals surface area contributed by atoms with E-state index in [1.54, 1.807) is 35.4 Å². The number of alkyl halides is 3. The van der Waals surface area contributed by atoms with E-state index in [2.05, 4.69) is 35.9 Å². The minimum absolute atomic E-state index is 0.0250. The summed E-state index contributed by atoms with van der Waals surface area (Å²) in [6, 6.07) is 12.4. The van der Waals surface area contributed by atoms with E-state index < -0.39 is 41.1 Å². The number of benzene rings is 2. The number of fused-ring (bicyclic) bond motifs is 1. The van der Waals surface area contributed by atoms with Crippen LogP contribution in [0.4, 0.5) is 26.0 Å². The Bertz CT molecular complexity index is 2190. The van der Waals surface area contributed by atoms with Crippen LogP contribution in [0.2, 0.25) is 0 Å². The Labute approximate surface area is 322 Å². The lowest BCUT2D eigenvalue weighted by Gasteiger charge is -2.36. The molecule has 2 saturated heterocycles. The zero-order valence-electron chi connectivity index (χ0n) is 29.5. The van der Waals surface area contributed by atoms with E-state index in [1.165, 1.54) is 36.5 Å². The van der Waals surface area contributed by atoms with Crippen molar-refractivity contribution in [3.63, 3.8) is 0 Å². The van der Waals surface area contributed by atoms with Crippen molar-refractivity contribution >= 4 is 64.2 Å². The topological polar surface area (TPSA) is 199 Å². The Balaban J connectivity index is 0.926. The fourth-order valence-electron chi connectivity index (χ4n) is 6.83. The highest BCUT2D eigenvalue weighted by Crippen LogP contribution is 2.33. The molecule has 2 aromatic heterocycles. The molecule has 0 radical (unpaired) electrons. The second kappa shape index (κ2) is 15.7. The van der Waals surface area contributed by atoms with Crippen molar-refractivity contribution in [2.45, 2.75) is 37.3 Å². The van der Waals surface area contributed by atoms with E-state index in [1.807, 2.05) is 4.90 Å². The summed E-state index contributed by atoms with van der Waals surface area (Å²) in [4.78, 5) is 86.2. The minimum Gasteiger partial charge on any atom is -0.420 e. The van der Waals surface area contributed by atoms with E-state index in [0.717, 1.165) is 4.90 Å². The summed E-state index contributed by atoms with van der Waals surface area (Å²) in [5.74, 6) is -2.47. The number of piperazine rings is 1. The molecule has 4 N–H and O–H groups in total. The summed E-state index contributed by atoms with van der Waals surface area (Å²) in [6.07, 6.45) is 3.76. The van der Waals surface area contributed by atoms with Crippen LogP contribution in [0.3, 0.4) is 0 Å². The third kappa shape index (κ3) is 8.14. The van der Waals surface area contributed by atoms with Crippen molar-refractivity contribution in [3.8, 4) is 17.0 Å². The van der Waals surface area contributed by atoms with Crippen molar-refractivity contribution in [1.29, 1.82) is 0 Å². The highest BCUT2D eigenvalue weighted by molar-refractivity contribution is 6.25. The molecule has 4 aromatic rings. The number of aromatic nitrogens is 3. The van der Waals surface area contributed by atoms with Crippen LogP contribution in [0, 0.1) is 0 Å². The zero-order chi connectivity index (χ0) is 39.6. The maximum absolute atomic E-state index is 13.4. The number of halogens is 3. The first kappa shape index (κ1) is 37.9. The van der Waals surface area contributed by atoms with Crippen LogP contribution in [0.5, 0.6) is 5.75 Å². The number of hydrogen-bond donors (Lipinski definition) is 4. The average molecular weight is 790 g/mol. The summed E-state index contributed by atoms with van der Waals surface area (Å²) in [7, 11) is 0. The van der Waals surface area contributed by atoms with Crippen molar-refractivity contribution in [2.24, 2.45) is 0 Å². The first-order valence-corrected chi connectivity index (χ1v) is 18.0. The van der Waals surface area contributed by atoms with Gasteiger partial charge in [0.2, 0.25) is 17.7 Å². The molecular formula is C37H34ClF2N9O7. The van der Waals surface area contributed by atoms with Crippen molar-refractivity contribution < 1.29 is 42.3 Å². The molecule has 16 nitrogen and oxygen atoms in total. The van der Waals surface area contributed by atoms with E-state index in [9.17, 15) is 37.5 Å². The number of imide groups is 2. The molecule has 3 aliphatic rings. The monoisotopic (exact) mass is 789 g/mol. The predicted molar refractivity (Wildman–Crippen MR) is 197 cm³/mol. The Morgan fingerprint density at radius 3 is 2.45 bits per heavy atom. The molecule has 0 spiro atoms. The largest absolute Gasteiger partial charge is 0.487 e. The fraction of sp³-hybridized carbons (Fsp3) is 0.297. The fourth-order valence-corrected chi connectivity index (χ4v) is 6.92. The van der Waals surface area contributed by atoms with Gasteiger partial charge in [0.05, 0.1) is 22.4 Å². The molecule has 290 valence electrons. The highest BCUT2D eigenvalue weighted by atomic mass is 35.5. The summed E-state index contributed by atoms with van der Waals surface area (Å²) in [5, 5.41) is 15.0. The molecule has 19 heteroatoms. The maximum Gasteiger partial charge on any atom is 0.487 e. The Kier molecular flexibility index (Phi) is 10.6. The number of nitrogens with one attached hydrogen (secondary N) is 4. The molecule has 7 rings (SSSR count). The molecule has 0 saturated carbocycles. The van der Waals surface area contributed by atoms with Crippen LogP contribution in [-0.2, 0) is 14.4 Å². The molecule has 3 aliphatic heterocycles. The summed E-state index contributed by atoms with van der Waals surface area (Å²) in [5.41, 5.74) is -1.33. The van der Waals surface area contributed by atoms with Crippen LogP contribution in [0.1, 0.15) is 56.8 Å². The van der Waals surface area contributed by atoms with Crippen LogP contribution in [-0.4, -0.2) is 105 Å². The summed E-state index contributed by atoms with van der Waals surface area (Å²) in [6.45, 7) is 2.12. The van der Waals surface area contributed by atoms with Crippen LogP contribution >= 0.6 is 11.6 Å². The zero-order valence-corrected chi connectivity index (χ0v) is 30.3. The highest BCUT2D eigenvalue weighted by Gasteiger charge is 2.45. The quantitative estimate of drug-likeness (QED) is 0.0925. The van der Waals surface area contributed by atoms with Gasteiger partial charge in [-0.1, -0.05) is 6.07 Å². The van der Waals surface area contributed by atoms with Crippen LogP contribution < -0.4 is 25.6 Å². The van der Waals surface area contributed by atoms with E-state index in [-0.39, 0.29) is 47.6 Å². The standard InChI is InChI=1S/C37H34ClF2N9O7/c38-37(39,40)56-23-8-6-22(7-9-23)44-33(52)21-19-25(26-12-14-43-46-26)32(42-20-21)48-17-15-47(16-18-48)30(51)5-2-13-41-27-4-1-3-24-31(27)36(55)49(35(24)54)28-10-11-29(50)45-34(28)53/h1,3-4,6-9,12,14,19-20,28,41H,2,5,10-11,13,15-18H2,(H,43,46)(H,44,52)(H,45,50,53). The molecule has 1 unspecified atom stereocenters. The van der Waals surface area contributed by atoms with Gasteiger partial charge in [-0.25, -0.2) is 4.98 Å². The molecule has 2 aromatic carbocycles. The third-order valence-electron chi connectivity index (χ3n) is 9.55. The van der Waals surface area contributed by atoms with Gasteiger partial charge in [0, 0.05) is 86.5 Å². The van der Waals surface area contributed by atoms with Gasteiger partial charge in [-0.2, -0.15) is 5.10 Å². The number of aromatic amines is 1. The number of carbonyl (C=O) groups excluding carboxylic acids is 6. The number of piperidine rings is 1. The molecule has 5 heterocycles. The predicted octanol–water partition coefficient (Wildman–Crippen LogP) is 3.83. The van der Waals surface area contributed by atoms with E-state index >= 15 is 0 Å². The summed E-state index contributed by atoms with van der Waals surface area (Å²) < 4.78 is 30.2. The number of pyridine rings is 1. The number of nitrogens with zero attached hydrogens (tertiary/aromatic N) is 5. The van der Waals surface area contributed by atoms with Crippen molar-refractivity contribution in [2.75, 3.05) is 48.3 Å². The van der Waals surface area contributed by atoms with Gasteiger partial charge in [0.1, 0.15) is 17.6 Å². The van der Waals surface area contributed by atoms with Gasteiger partial charge >= 0.3 is 5.57 Å². The van der Waals surface area contributed by atoms with Crippen molar-refractivity contribution in [3.05, 3.63) is 83.7 Å². The third-order valence-corrected chi connectivity index (χ3v) is 9.63. The summed E-state index contributed by atoms with van der Waals surface area (Å²) >= 11 is 4.81. The smallest absolute Gasteiger partial charge is 0.420 e. The number of rotatable bonds is 12. The first-order chi connectivity index (χ1) is 26.9. The van der Waals surface area contributed by atoms with Crippen molar-refractivity contribution in [1.82, 2.24) is 30.3 Å². The molecule has 0 aliphatic carbocycles. The first-order valence-electron chi connectivity index (χ1n) is 17.6. The number of amides is 6. The normalized spacial score (nSPS) is 17.1. The number of anilines is 3. The lowest BCUT2D eigenvalue weighted by atomic mass is 10.0. The average Bonchev–Trinajstić information content (AvgIpc) is 3.80. The lowest BCUT2D eigenvalue weighted by Crippen LogP contribution is -2.54. The number of ether oxygens (including phenoxy) is 1. The number of H-pyrrole nitrogens is 1. The number of carbonyl (C=O) groups is 6. The second-order valence-corrected chi connectivity index (χ2v) is 13.6. The van der Waals surface area contributed by atoms with Gasteiger partial charge < -0.3 is 25.2 Å². The van der Waals surface area contributed by atoms with Gasteiger partial charge in [-0.15, -0.1) is 8.78 Å².